The molecule has 1 saturated heterocycles. The van der Waals surface area contributed by atoms with E-state index in [-0.39, 0.29) is 47.8 Å². The van der Waals surface area contributed by atoms with E-state index in [1.165, 1.54) is 12.1 Å². The van der Waals surface area contributed by atoms with Crippen molar-refractivity contribution in [3.63, 3.8) is 0 Å². The number of allylic oxidation sites excluding steroid dienone is 1. The van der Waals surface area contributed by atoms with Crippen molar-refractivity contribution >= 4 is 18.1 Å². The minimum absolute atomic E-state index is 0.0679. The smallest absolute Gasteiger partial charge is 0.407 e. The van der Waals surface area contributed by atoms with Gasteiger partial charge >= 0.3 is 12.1 Å². The first-order valence-corrected chi connectivity index (χ1v) is 13.0. The number of hydrogen-bond donors (Lipinski definition) is 1. The number of carbonyl (C=O) groups excluding carboxylic acids is 2. The number of nitrogens with one attached hydrogen (secondary N) is 1. The third-order valence-electron chi connectivity index (χ3n) is 8.18. The zero-order valence-electron chi connectivity index (χ0n) is 20.7. The lowest BCUT2D eigenvalue weighted by Crippen LogP contribution is -2.48. The van der Waals surface area contributed by atoms with Gasteiger partial charge in [-0.2, -0.15) is 0 Å². The third kappa shape index (κ3) is 5.01. The van der Waals surface area contributed by atoms with Gasteiger partial charge in [-0.05, 0) is 87.1 Å². The first-order valence-electron chi connectivity index (χ1n) is 13.0. The molecule has 1 aromatic heterocycles. The van der Waals surface area contributed by atoms with E-state index in [0.29, 0.717) is 18.4 Å². The first kappa shape index (κ1) is 24.5. The first-order chi connectivity index (χ1) is 17.4. The molecule has 7 heteroatoms. The minimum Gasteiger partial charge on any atom is -0.462 e. The number of pyridine rings is 1. The Balaban J connectivity index is 1.34. The van der Waals surface area contributed by atoms with Gasteiger partial charge in [-0.25, -0.2) is 9.18 Å². The number of carbonyl (C=O) groups is 2. The molecule has 0 unspecified atom stereocenters. The van der Waals surface area contributed by atoms with Gasteiger partial charge in [-0.15, -0.1) is 0 Å². The standard InChI is InChI=1S/C29H33FN2O4/c1-3-35-29(34)32-23-10-11-24-20(14-23)15-26-27(17(2)36-28(26)33)25(24)12-9-22-8-7-19(16-31-22)18-5-4-6-21(30)13-18/h4-9,12-13,16-17,20,23-27H,3,10-11,14-15H2,1-2H3,(H,32,34)/b12-9+/t17-,20-,23+,24+,25+,26-,27-/m1/s1. The van der Waals surface area contributed by atoms with Crippen LogP contribution in [0.5, 0.6) is 0 Å². The van der Waals surface area contributed by atoms with Crippen LogP contribution in [-0.4, -0.2) is 35.8 Å². The van der Waals surface area contributed by atoms with Crippen molar-refractivity contribution in [3.05, 3.63) is 60.2 Å². The van der Waals surface area contributed by atoms with Gasteiger partial charge in [-0.1, -0.05) is 24.3 Å². The molecule has 0 radical (unpaired) electrons. The number of alkyl carbamates (subject to hydrolysis) is 1. The predicted molar refractivity (Wildman–Crippen MR) is 134 cm³/mol. The fourth-order valence-corrected chi connectivity index (χ4v) is 6.64. The minimum atomic E-state index is -0.368. The number of rotatable bonds is 5. The zero-order chi connectivity index (χ0) is 25.2. The summed E-state index contributed by atoms with van der Waals surface area (Å²) in [7, 11) is 0. The number of ether oxygens (including phenoxy) is 2. The Morgan fingerprint density at radius 2 is 2.08 bits per heavy atom. The number of nitrogens with zero attached hydrogens (tertiary/aromatic N) is 1. The number of halogens is 1. The molecule has 3 fully saturated rings. The van der Waals surface area contributed by atoms with Gasteiger partial charge in [-0.3, -0.25) is 9.78 Å². The molecule has 36 heavy (non-hydrogen) atoms. The van der Waals surface area contributed by atoms with Crippen LogP contribution in [0.15, 0.2) is 48.7 Å². The molecule has 2 aliphatic carbocycles. The van der Waals surface area contributed by atoms with E-state index in [2.05, 4.69) is 16.4 Å². The summed E-state index contributed by atoms with van der Waals surface area (Å²) in [4.78, 5) is 29.2. The van der Waals surface area contributed by atoms with Gasteiger partial charge < -0.3 is 14.8 Å². The van der Waals surface area contributed by atoms with Gasteiger partial charge in [0.2, 0.25) is 0 Å². The number of benzene rings is 1. The van der Waals surface area contributed by atoms with E-state index in [1.54, 1.807) is 19.2 Å². The van der Waals surface area contributed by atoms with Crippen LogP contribution >= 0.6 is 0 Å². The quantitative estimate of drug-likeness (QED) is 0.548. The monoisotopic (exact) mass is 492 g/mol. The molecule has 6 nitrogen and oxygen atoms in total. The van der Waals surface area contributed by atoms with Crippen molar-refractivity contribution < 1.29 is 23.5 Å². The van der Waals surface area contributed by atoms with Gasteiger partial charge in [0.1, 0.15) is 11.9 Å². The average molecular weight is 493 g/mol. The molecule has 2 saturated carbocycles. The molecule has 3 aliphatic rings. The third-order valence-corrected chi connectivity index (χ3v) is 8.18. The number of amides is 1. The van der Waals surface area contributed by atoms with Crippen molar-refractivity contribution in [1.82, 2.24) is 10.3 Å². The van der Waals surface area contributed by atoms with Gasteiger partial charge in [0, 0.05) is 23.7 Å². The number of fused-ring (bicyclic) bond motifs is 2. The van der Waals surface area contributed by atoms with Crippen molar-refractivity contribution in [2.75, 3.05) is 6.61 Å². The van der Waals surface area contributed by atoms with Crippen LogP contribution in [-0.2, 0) is 14.3 Å². The van der Waals surface area contributed by atoms with Crippen molar-refractivity contribution in [2.24, 2.45) is 29.6 Å². The molecule has 1 aromatic carbocycles. The molecule has 7 atom stereocenters. The van der Waals surface area contributed by atoms with Crippen LogP contribution in [0.25, 0.3) is 17.2 Å². The lowest BCUT2D eigenvalue weighted by molar-refractivity contribution is -0.144. The average Bonchev–Trinajstić information content (AvgIpc) is 3.15. The molecule has 0 bridgehead atoms. The van der Waals surface area contributed by atoms with Crippen molar-refractivity contribution in [1.29, 1.82) is 0 Å². The van der Waals surface area contributed by atoms with Crippen LogP contribution in [0.1, 0.15) is 45.2 Å². The summed E-state index contributed by atoms with van der Waals surface area (Å²) < 4.78 is 24.3. The van der Waals surface area contributed by atoms with E-state index >= 15 is 0 Å². The number of aromatic nitrogens is 1. The summed E-state index contributed by atoms with van der Waals surface area (Å²) in [6.45, 7) is 4.15. The number of hydrogen-bond acceptors (Lipinski definition) is 5. The van der Waals surface area contributed by atoms with Crippen LogP contribution in [0.3, 0.4) is 0 Å². The summed E-state index contributed by atoms with van der Waals surface area (Å²) in [5, 5.41) is 3.00. The maximum absolute atomic E-state index is 13.6. The Labute approximate surface area is 211 Å². The highest BCUT2D eigenvalue weighted by Gasteiger charge is 2.54. The molecule has 190 valence electrons. The highest BCUT2D eigenvalue weighted by molar-refractivity contribution is 5.75. The maximum Gasteiger partial charge on any atom is 0.407 e. The second-order valence-corrected chi connectivity index (χ2v) is 10.3. The Morgan fingerprint density at radius 1 is 1.22 bits per heavy atom. The van der Waals surface area contributed by atoms with Crippen LogP contribution in [0.2, 0.25) is 0 Å². The summed E-state index contributed by atoms with van der Waals surface area (Å²) in [5.74, 6) is 0.629. The second kappa shape index (κ2) is 10.4. The molecule has 1 N–H and O–H groups in total. The fraction of sp³-hybridized carbons (Fsp3) is 0.483. The topological polar surface area (TPSA) is 77.5 Å². The summed E-state index contributed by atoms with van der Waals surface area (Å²) in [6, 6.07) is 10.4. The lowest BCUT2D eigenvalue weighted by atomic mass is 9.57. The Hall–Kier alpha value is -3.22. The van der Waals surface area contributed by atoms with E-state index in [0.717, 1.165) is 42.5 Å². The highest BCUT2D eigenvalue weighted by atomic mass is 19.1. The summed E-state index contributed by atoms with van der Waals surface area (Å²) in [5.41, 5.74) is 2.48. The van der Waals surface area contributed by atoms with Gasteiger partial charge in [0.15, 0.2) is 0 Å². The van der Waals surface area contributed by atoms with Crippen LogP contribution in [0.4, 0.5) is 9.18 Å². The lowest BCUT2D eigenvalue weighted by Gasteiger charge is -2.47. The molecule has 2 heterocycles. The zero-order valence-corrected chi connectivity index (χ0v) is 20.7. The van der Waals surface area contributed by atoms with Crippen LogP contribution in [0, 0.1) is 35.4 Å². The molecule has 1 amide bonds. The van der Waals surface area contributed by atoms with E-state index < -0.39 is 0 Å². The second-order valence-electron chi connectivity index (χ2n) is 10.3. The predicted octanol–water partition coefficient (Wildman–Crippen LogP) is 5.63. The van der Waals surface area contributed by atoms with Crippen LogP contribution < -0.4 is 5.32 Å². The largest absolute Gasteiger partial charge is 0.462 e. The molecular formula is C29H33FN2O4. The molecule has 1 aliphatic heterocycles. The molecular weight excluding hydrogens is 459 g/mol. The molecule has 5 rings (SSSR count). The Morgan fingerprint density at radius 3 is 2.83 bits per heavy atom. The van der Waals surface area contributed by atoms with Crippen molar-refractivity contribution in [2.45, 2.75) is 51.7 Å². The fourth-order valence-electron chi connectivity index (χ4n) is 6.64. The molecule has 0 spiro atoms. The summed E-state index contributed by atoms with van der Waals surface area (Å²) in [6.07, 6.45) is 9.07. The van der Waals surface area contributed by atoms with E-state index in [9.17, 15) is 14.0 Å². The SMILES string of the molecule is CCOC(=O)N[C@H]1CC[C@H]2[C@H](C1)C[C@H]1C(=O)O[C@H](C)[C@@H]1[C@H]2/C=C/c1ccc(-c2cccc(F)c2)cn1. The highest BCUT2D eigenvalue weighted by Crippen LogP contribution is 2.53. The Bertz CT molecular complexity index is 1130. The normalized spacial score (nSPS) is 31.4. The van der Waals surface area contributed by atoms with E-state index in [4.69, 9.17) is 9.47 Å². The van der Waals surface area contributed by atoms with Crippen molar-refractivity contribution in [3.8, 4) is 11.1 Å². The number of esters is 1. The Kier molecular flexibility index (Phi) is 7.08. The number of cyclic esters (lactones) is 1. The maximum atomic E-state index is 13.6. The molecule has 2 aromatic rings. The summed E-state index contributed by atoms with van der Waals surface area (Å²) >= 11 is 0. The van der Waals surface area contributed by atoms with Gasteiger partial charge in [0.25, 0.3) is 0 Å². The van der Waals surface area contributed by atoms with E-state index in [1.807, 2.05) is 31.2 Å². The van der Waals surface area contributed by atoms with Gasteiger partial charge in [0.05, 0.1) is 18.2 Å².